The van der Waals surface area contributed by atoms with Crippen molar-refractivity contribution in [2.45, 2.75) is 96.8 Å². The average Bonchev–Trinajstić information content (AvgIpc) is 2.62. The SMILES string of the molecule is CCCCCCCCCCCCCCCCP(I)(CO)(CO)CO. The van der Waals surface area contributed by atoms with Gasteiger partial charge in [0.25, 0.3) is 0 Å². The molecule has 24 heavy (non-hydrogen) atoms. The minimum atomic E-state index is -2.66. The summed E-state index contributed by atoms with van der Waals surface area (Å²) in [5.41, 5.74) is 0. The maximum absolute atomic E-state index is 9.57. The molecule has 0 aliphatic rings. The molecule has 0 unspecified atom stereocenters. The Bertz CT molecular complexity index is 275. The van der Waals surface area contributed by atoms with Crippen LogP contribution in [0.25, 0.3) is 0 Å². The molecule has 0 aliphatic heterocycles. The van der Waals surface area contributed by atoms with Crippen molar-refractivity contribution in [1.29, 1.82) is 0 Å². The van der Waals surface area contributed by atoms with Gasteiger partial charge in [0.1, 0.15) is 0 Å². The van der Waals surface area contributed by atoms with Crippen molar-refractivity contribution in [2.24, 2.45) is 0 Å². The van der Waals surface area contributed by atoms with Crippen molar-refractivity contribution in [2.75, 3.05) is 25.2 Å². The Hall–Kier alpha value is 1.04. The van der Waals surface area contributed by atoms with E-state index in [1.807, 2.05) is 0 Å². The zero-order valence-corrected chi connectivity index (χ0v) is 18.9. The first kappa shape index (κ1) is 25.0. The molecule has 0 saturated carbocycles. The van der Waals surface area contributed by atoms with Gasteiger partial charge in [0.2, 0.25) is 0 Å². The number of hydrogen-bond acceptors (Lipinski definition) is 3. The minimum absolute atomic E-state index is 0.0440. The van der Waals surface area contributed by atoms with E-state index in [0.717, 1.165) is 19.0 Å². The van der Waals surface area contributed by atoms with E-state index in [4.69, 9.17) is 0 Å². The Labute approximate surface area is 163 Å². The van der Waals surface area contributed by atoms with Crippen LogP contribution in [0.15, 0.2) is 0 Å². The summed E-state index contributed by atoms with van der Waals surface area (Å²) >= 11 is 2.18. The molecular formula is C19H42IO3P. The molecule has 0 atom stereocenters. The molecule has 3 N–H and O–H groups in total. The molecule has 148 valence electrons. The van der Waals surface area contributed by atoms with Crippen LogP contribution >= 0.6 is 26.3 Å². The molecule has 0 aromatic rings. The second-order valence-corrected chi connectivity index (χ2v) is 20.7. The van der Waals surface area contributed by atoms with E-state index < -0.39 is 4.25 Å². The number of rotatable bonds is 18. The Morgan fingerprint density at radius 2 is 0.833 bits per heavy atom. The topological polar surface area (TPSA) is 60.7 Å². The molecule has 0 aliphatic carbocycles. The normalized spacial score (nSPS) is 13.8. The summed E-state index contributed by atoms with van der Waals surface area (Å²) in [7, 11) is 0. The van der Waals surface area contributed by atoms with Gasteiger partial charge in [-0.25, -0.2) is 0 Å². The molecular weight excluding hydrogens is 434 g/mol. The van der Waals surface area contributed by atoms with E-state index in [1.54, 1.807) is 0 Å². The molecule has 0 bridgehead atoms. The monoisotopic (exact) mass is 476 g/mol. The summed E-state index contributed by atoms with van der Waals surface area (Å²) in [6.07, 6.45) is 19.3. The summed E-state index contributed by atoms with van der Waals surface area (Å²) in [4.78, 5) is 0. The Morgan fingerprint density at radius 3 is 1.12 bits per heavy atom. The van der Waals surface area contributed by atoms with Crippen LogP contribution < -0.4 is 0 Å². The van der Waals surface area contributed by atoms with Crippen molar-refractivity contribution in [3.63, 3.8) is 0 Å². The molecule has 0 saturated heterocycles. The first-order valence-electron chi connectivity index (χ1n) is 10.1. The number of unbranched alkanes of at least 4 members (excludes halogenated alkanes) is 13. The third-order valence-corrected chi connectivity index (χ3v) is 12.9. The maximum atomic E-state index is 9.57. The molecule has 0 spiro atoms. The Morgan fingerprint density at radius 1 is 0.542 bits per heavy atom. The second kappa shape index (κ2) is 15.1. The number of halogens is 1. The van der Waals surface area contributed by atoms with Crippen molar-refractivity contribution < 1.29 is 15.3 Å². The summed E-state index contributed by atoms with van der Waals surface area (Å²) in [6.45, 7) is 2.27. The van der Waals surface area contributed by atoms with Crippen LogP contribution in [0, 0.1) is 0 Å². The number of aliphatic hydroxyl groups excluding tert-OH is 3. The third kappa shape index (κ3) is 11.6. The van der Waals surface area contributed by atoms with E-state index in [2.05, 4.69) is 29.0 Å². The summed E-state index contributed by atoms with van der Waals surface area (Å²) < 4.78 is -2.66. The van der Waals surface area contributed by atoms with Gasteiger partial charge in [-0.15, -0.1) is 0 Å². The van der Waals surface area contributed by atoms with Crippen LogP contribution in [0.1, 0.15) is 96.8 Å². The van der Waals surface area contributed by atoms with Crippen LogP contribution in [-0.4, -0.2) is 40.5 Å². The molecule has 0 rings (SSSR count). The molecule has 0 fully saturated rings. The predicted octanol–water partition coefficient (Wildman–Crippen LogP) is 6.22. The van der Waals surface area contributed by atoms with Crippen molar-refractivity contribution >= 4 is 26.3 Å². The van der Waals surface area contributed by atoms with E-state index in [0.29, 0.717) is 0 Å². The number of hydrogen-bond donors (Lipinski definition) is 3. The second-order valence-electron chi connectivity index (χ2n) is 7.56. The molecule has 0 amide bonds. The van der Waals surface area contributed by atoms with Crippen LogP contribution in [0.3, 0.4) is 0 Å². The summed E-state index contributed by atoms with van der Waals surface area (Å²) in [5.74, 6) is 0. The fourth-order valence-corrected chi connectivity index (χ4v) is 5.78. The van der Waals surface area contributed by atoms with Gasteiger partial charge in [-0.05, 0) is 0 Å². The predicted molar refractivity (Wildman–Crippen MR) is 117 cm³/mol. The van der Waals surface area contributed by atoms with Crippen LogP contribution in [0.2, 0.25) is 0 Å². The van der Waals surface area contributed by atoms with Gasteiger partial charge in [-0.1, -0.05) is 26.2 Å². The third-order valence-electron chi connectivity index (χ3n) is 5.13. The van der Waals surface area contributed by atoms with Gasteiger partial charge in [-0.2, -0.15) is 0 Å². The number of aliphatic hydroxyl groups is 3. The van der Waals surface area contributed by atoms with Crippen molar-refractivity contribution in [1.82, 2.24) is 0 Å². The van der Waals surface area contributed by atoms with E-state index in [9.17, 15) is 15.3 Å². The van der Waals surface area contributed by atoms with E-state index in [1.165, 1.54) is 77.0 Å². The Balaban J connectivity index is 3.40. The first-order chi connectivity index (χ1) is 11.5. The van der Waals surface area contributed by atoms with Gasteiger partial charge < -0.3 is 0 Å². The van der Waals surface area contributed by atoms with Crippen molar-refractivity contribution in [3.05, 3.63) is 0 Å². The fraction of sp³-hybridized carbons (Fsp3) is 1.00. The summed E-state index contributed by atoms with van der Waals surface area (Å²) in [5, 5.41) is 28.7. The van der Waals surface area contributed by atoms with E-state index >= 15 is 0 Å². The fourth-order valence-electron chi connectivity index (χ4n) is 3.05. The molecule has 3 nitrogen and oxygen atoms in total. The van der Waals surface area contributed by atoms with Gasteiger partial charge in [0.15, 0.2) is 0 Å². The zero-order chi connectivity index (χ0) is 18.2. The molecule has 0 aromatic heterocycles. The van der Waals surface area contributed by atoms with Crippen LogP contribution in [-0.2, 0) is 0 Å². The average molecular weight is 476 g/mol. The quantitative estimate of drug-likeness (QED) is 0.125. The van der Waals surface area contributed by atoms with Crippen LogP contribution in [0.4, 0.5) is 0 Å². The van der Waals surface area contributed by atoms with Gasteiger partial charge in [0.05, 0.1) is 0 Å². The van der Waals surface area contributed by atoms with Crippen LogP contribution in [0.5, 0.6) is 0 Å². The van der Waals surface area contributed by atoms with Crippen molar-refractivity contribution in [3.8, 4) is 0 Å². The standard InChI is InChI=1S/C19H42IO3P/c1-2-3-4-5-6-7-8-9-10-11-12-13-14-15-16-24(20,17-21,18-22)19-23/h21-23H,2-19H2,1H3. The molecule has 0 aromatic carbocycles. The molecule has 0 radical (unpaired) electrons. The van der Waals surface area contributed by atoms with Gasteiger partial charge in [0, 0.05) is 0 Å². The zero-order valence-electron chi connectivity index (χ0n) is 15.9. The summed E-state index contributed by atoms with van der Waals surface area (Å²) in [6, 6.07) is 0. The van der Waals surface area contributed by atoms with Gasteiger partial charge in [-0.3, -0.25) is 0 Å². The van der Waals surface area contributed by atoms with E-state index in [-0.39, 0.29) is 19.0 Å². The van der Waals surface area contributed by atoms with Gasteiger partial charge >= 0.3 is 137 Å². The molecule has 0 heterocycles. The first-order valence-corrected chi connectivity index (χ1v) is 15.9. The molecule has 5 heteroatoms. The Kier molecular flexibility index (Phi) is 15.8.